The second kappa shape index (κ2) is 5.79. The van der Waals surface area contributed by atoms with Crippen LogP contribution < -0.4 is 11.1 Å². The number of nitrogens with zero attached hydrogens (tertiary/aromatic N) is 2. The van der Waals surface area contributed by atoms with Gasteiger partial charge in [0.15, 0.2) is 0 Å². The number of anilines is 1. The van der Waals surface area contributed by atoms with Crippen LogP contribution in [-0.4, -0.2) is 21.9 Å². The monoisotopic (exact) mass is 260 g/mol. The molecule has 7 heteroatoms. The molecule has 0 saturated carbocycles. The zero-order valence-electron chi connectivity index (χ0n) is 8.28. The molecule has 1 amide bonds. The quantitative estimate of drug-likeness (QED) is 0.490. The van der Waals surface area contributed by atoms with Gasteiger partial charge >= 0.3 is 0 Å². The average molecular weight is 261 g/mol. The van der Waals surface area contributed by atoms with Gasteiger partial charge < -0.3 is 11.1 Å². The molecule has 1 unspecified atom stereocenters. The fourth-order valence-electron chi connectivity index (χ4n) is 0.959. The number of halogens is 2. The lowest BCUT2D eigenvalue weighted by atomic mass is 10.2. The number of hydrogen-bond acceptors (Lipinski definition) is 4. The molecule has 0 aliphatic heterocycles. The third-order valence-electron chi connectivity index (χ3n) is 1.68. The third kappa shape index (κ3) is 3.77. The molecule has 1 aromatic rings. The highest BCUT2D eigenvalue weighted by Crippen LogP contribution is 2.14. The molecule has 0 saturated heterocycles. The molecule has 0 aromatic carbocycles. The Balaban J connectivity index is 2.72. The first kappa shape index (κ1) is 12.9. The minimum atomic E-state index is -0.676. The molecule has 0 aliphatic rings. The van der Waals surface area contributed by atoms with Gasteiger partial charge in [-0.05, 0) is 18.0 Å². The summed E-state index contributed by atoms with van der Waals surface area (Å²) in [6.07, 6.45) is 1.93. The van der Waals surface area contributed by atoms with Crippen molar-refractivity contribution in [3.63, 3.8) is 0 Å². The van der Waals surface area contributed by atoms with Gasteiger partial charge in [0.1, 0.15) is 11.0 Å². The number of carbonyl (C=O) groups excluding carboxylic acids is 1. The Kier molecular flexibility index (Phi) is 4.67. The van der Waals surface area contributed by atoms with Crippen molar-refractivity contribution in [3.8, 4) is 0 Å². The van der Waals surface area contributed by atoms with Crippen molar-refractivity contribution in [1.29, 1.82) is 0 Å². The van der Waals surface area contributed by atoms with Crippen LogP contribution in [0.2, 0.25) is 10.4 Å². The lowest BCUT2D eigenvalue weighted by Crippen LogP contribution is -2.35. The number of nitrogens with one attached hydrogen (secondary N) is 1. The van der Waals surface area contributed by atoms with Gasteiger partial charge in [0.05, 0.1) is 6.04 Å². The molecule has 1 aromatic heterocycles. The molecule has 5 nitrogen and oxygen atoms in total. The van der Waals surface area contributed by atoms with Crippen LogP contribution in [0, 0.1) is 0 Å². The SMILES string of the molecule is C=CCC(N)C(=O)Nc1cc(Cl)nc(Cl)n1. The smallest absolute Gasteiger partial charge is 0.242 e. The van der Waals surface area contributed by atoms with Crippen LogP contribution >= 0.6 is 23.2 Å². The second-order valence-corrected chi connectivity index (χ2v) is 3.69. The summed E-state index contributed by atoms with van der Waals surface area (Å²) in [7, 11) is 0. The van der Waals surface area contributed by atoms with E-state index < -0.39 is 6.04 Å². The van der Waals surface area contributed by atoms with Gasteiger partial charge in [-0.1, -0.05) is 17.7 Å². The Bertz CT molecular complexity index is 390. The van der Waals surface area contributed by atoms with E-state index in [9.17, 15) is 4.79 Å². The van der Waals surface area contributed by atoms with E-state index in [1.807, 2.05) is 0 Å². The summed E-state index contributed by atoms with van der Waals surface area (Å²) in [6.45, 7) is 3.49. The maximum atomic E-state index is 11.5. The largest absolute Gasteiger partial charge is 0.320 e. The van der Waals surface area contributed by atoms with Crippen LogP contribution in [0.1, 0.15) is 6.42 Å². The van der Waals surface area contributed by atoms with E-state index in [4.69, 9.17) is 28.9 Å². The summed E-state index contributed by atoms with van der Waals surface area (Å²) in [6, 6.07) is 0.705. The number of aromatic nitrogens is 2. The Morgan fingerprint density at radius 3 is 2.88 bits per heavy atom. The number of amides is 1. The molecular formula is C9H10Cl2N4O. The number of hydrogen-bond donors (Lipinski definition) is 2. The lowest BCUT2D eigenvalue weighted by molar-refractivity contribution is -0.117. The van der Waals surface area contributed by atoms with E-state index in [1.54, 1.807) is 6.08 Å². The van der Waals surface area contributed by atoms with E-state index in [1.165, 1.54) is 6.07 Å². The van der Waals surface area contributed by atoms with Gasteiger partial charge in [-0.15, -0.1) is 6.58 Å². The van der Waals surface area contributed by atoms with E-state index in [0.717, 1.165) is 0 Å². The van der Waals surface area contributed by atoms with Gasteiger partial charge in [-0.2, -0.15) is 0 Å². The summed E-state index contributed by atoms with van der Waals surface area (Å²) in [4.78, 5) is 18.9. The number of carbonyl (C=O) groups is 1. The fourth-order valence-corrected chi connectivity index (χ4v) is 1.37. The van der Waals surface area contributed by atoms with E-state index >= 15 is 0 Å². The molecule has 0 aliphatic carbocycles. The highest BCUT2D eigenvalue weighted by atomic mass is 35.5. The molecule has 0 radical (unpaired) electrons. The van der Waals surface area contributed by atoms with Gasteiger partial charge in [0.25, 0.3) is 0 Å². The van der Waals surface area contributed by atoms with Crippen molar-refractivity contribution in [2.24, 2.45) is 5.73 Å². The van der Waals surface area contributed by atoms with Crippen LogP contribution in [0.4, 0.5) is 5.82 Å². The number of rotatable bonds is 4. The molecule has 1 heterocycles. The Morgan fingerprint density at radius 1 is 1.62 bits per heavy atom. The summed E-state index contributed by atoms with van der Waals surface area (Å²) in [5, 5.41) is 2.58. The van der Waals surface area contributed by atoms with E-state index in [-0.39, 0.29) is 22.2 Å². The lowest BCUT2D eigenvalue weighted by Gasteiger charge is -2.09. The molecule has 0 bridgehead atoms. The maximum absolute atomic E-state index is 11.5. The average Bonchev–Trinajstić information content (AvgIpc) is 2.16. The minimum Gasteiger partial charge on any atom is -0.320 e. The summed E-state index contributed by atoms with van der Waals surface area (Å²) < 4.78 is 0. The Labute approximate surface area is 103 Å². The summed E-state index contributed by atoms with van der Waals surface area (Å²) >= 11 is 11.2. The van der Waals surface area contributed by atoms with Crippen LogP contribution in [0.3, 0.4) is 0 Å². The first-order chi connectivity index (χ1) is 7.52. The van der Waals surface area contributed by atoms with Crippen molar-refractivity contribution < 1.29 is 4.79 Å². The Morgan fingerprint density at radius 2 is 2.31 bits per heavy atom. The minimum absolute atomic E-state index is 0.0416. The van der Waals surface area contributed by atoms with Gasteiger partial charge in [0, 0.05) is 6.07 Å². The van der Waals surface area contributed by atoms with E-state index in [0.29, 0.717) is 6.42 Å². The zero-order valence-corrected chi connectivity index (χ0v) is 9.79. The molecule has 86 valence electrons. The van der Waals surface area contributed by atoms with Crippen molar-refractivity contribution in [3.05, 3.63) is 29.2 Å². The highest BCUT2D eigenvalue weighted by Gasteiger charge is 2.13. The van der Waals surface area contributed by atoms with Crippen molar-refractivity contribution in [1.82, 2.24) is 9.97 Å². The van der Waals surface area contributed by atoms with Gasteiger partial charge in [-0.3, -0.25) is 4.79 Å². The zero-order chi connectivity index (χ0) is 12.1. The van der Waals surface area contributed by atoms with E-state index in [2.05, 4.69) is 21.9 Å². The first-order valence-electron chi connectivity index (χ1n) is 4.40. The molecule has 1 atom stereocenters. The van der Waals surface area contributed by atoms with Crippen LogP contribution in [-0.2, 0) is 4.79 Å². The fraction of sp³-hybridized carbons (Fsp3) is 0.222. The first-order valence-corrected chi connectivity index (χ1v) is 5.16. The third-order valence-corrected chi connectivity index (χ3v) is 2.04. The van der Waals surface area contributed by atoms with Crippen LogP contribution in [0.25, 0.3) is 0 Å². The summed E-state index contributed by atoms with van der Waals surface area (Å²) in [5.74, 6) is -0.166. The number of nitrogens with two attached hydrogens (primary N) is 1. The standard InChI is InChI=1S/C9H10Cl2N4O/c1-2-3-5(12)8(16)14-7-4-6(10)13-9(11)15-7/h2,4-5H,1,3,12H2,(H,13,14,15,16). The van der Waals surface area contributed by atoms with Crippen molar-refractivity contribution in [2.75, 3.05) is 5.32 Å². The van der Waals surface area contributed by atoms with Crippen molar-refractivity contribution >= 4 is 34.9 Å². The Hall–Kier alpha value is -1.17. The second-order valence-electron chi connectivity index (χ2n) is 2.97. The van der Waals surface area contributed by atoms with Gasteiger partial charge in [0.2, 0.25) is 11.2 Å². The molecule has 0 fully saturated rings. The van der Waals surface area contributed by atoms with Gasteiger partial charge in [-0.25, -0.2) is 9.97 Å². The molecule has 16 heavy (non-hydrogen) atoms. The molecular weight excluding hydrogens is 251 g/mol. The predicted molar refractivity (Wildman–Crippen MR) is 63.5 cm³/mol. The highest BCUT2D eigenvalue weighted by molar-refractivity contribution is 6.32. The van der Waals surface area contributed by atoms with Crippen LogP contribution in [0.15, 0.2) is 18.7 Å². The molecule has 1 rings (SSSR count). The van der Waals surface area contributed by atoms with Crippen LogP contribution in [0.5, 0.6) is 0 Å². The predicted octanol–water partition coefficient (Wildman–Crippen LogP) is 1.63. The summed E-state index contributed by atoms with van der Waals surface area (Å²) in [5.41, 5.74) is 5.56. The topological polar surface area (TPSA) is 80.9 Å². The molecule has 0 spiro atoms. The molecule has 3 N–H and O–H groups in total. The van der Waals surface area contributed by atoms with Crippen molar-refractivity contribution in [2.45, 2.75) is 12.5 Å². The normalized spacial score (nSPS) is 11.9. The maximum Gasteiger partial charge on any atom is 0.242 e.